The van der Waals surface area contributed by atoms with E-state index in [1.165, 1.54) is 0 Å². The van der Waals surface area contributed by atoms with Crippen molar-refractivity contribution in [3.05, 3.63) is 0 Å². The third kappa shape index (κ3) is 11.4. The molecular weight excluding hydrogens is 566 g/mol. The molecule has 0 aromatic rings. The second-order valence-corrected chi connectivity index (χ2v) is 10.8. The summed E-state index contributed by atoms with van der Waals surface area (Å²) in [5.74, 6) is -4.93. The van der Waals surface area contributed by atoms with Gasteiger partial charge >= 0.3 is 5.97 Å². The number of carbonyl (C=O) groups excluding carboxylic acids is 6. The molecule has 6 amide bonds. The van der Waals surface area contributed by atoms with Gasteiger partial charge in [0.15, 0.2) is 5.96 Å². The maximum Gasteiger partial charge on any atom is 0.305 e. The molecule has 0 spiro atoms. The Morgan fingerprint density at radius 1 is 1.02 bits per heavy atom. The number of primary amides is 1. The Bertz CT molecular complexity index is 1090. The van der Waals surface area contributed by atoms with Gasteiger partial charge in [0.05, 0.1) is 13.0 Å². The van der Waals surface area contributed by atoms with Gasteiger partial charge in [0.25, 0.3) is 0 Å². The predicted octanol–water partition coefficient (Wildman–Crippen LogP) is -3.23. The summed E-state index contributed by atoms with van der Waals surface area (Å²) in [5.41, 5.74) is 15.8. The lowest BCUT2D eigenvalue weighted by Crippen LogP contribution is -2.57. The lowest BCUT2D eigenvalue weighted by atomic mass is 9.90. The van der Waals surface area contributed by atoms with Crippen LogP contribution in [0.25, 0.3) is 0 Å². The van der Waals surface area contributed by atoms with Crippen LogP contribution in [0.3, 0.4) is 0 Å². The van der Waals surface area contributed by atoms with Crippen LogP contribution < -0.4 is 38.5 Å². The minimum absolute atomic E-state index is 0.0266. The van der Waals surface area contributed by atoms with Gasteiger partial charge < -0.3 is 48.5 Å². The minimum atomic E-state index is -1.47. The number of aliphatic carboxylic acids is 1. The first-order valence-electron chi connectivity index (χ1n) is 14.3. The third-order valence-electron chi connectivity index (χ3n) is 7.29. The first kappa shape index (κ1) is 34.8. The van der Waals surface area contributed by atoms with Crippen LogP contribution >= 0.6 is 0 Å². The molecule has 0 aromatic carbocycles. The monoisotopic (exact) mass is 609 g/mol. The number of carboxylic acids is 1. The van der Waals surface area contributed by atoms with Crippen molar-refractivity contribution in [2.45, 2.75) is 88.9 Å². The van der Waals surface area contributed by atoms with Crippen molar-refractivity contribution >= 4 is 47.4 Å². The number of carboxylic acid groups (broad SMARTS) is 1. The summed E-state index contributed by atoms with van der Waals surface area (Å²) in [6.07, 6.45) is 2.65. The van der Waals surface area contributed by atoms with Crippen LogP contribution in [0.15, 0.2) is 4.99 Å². The van der Waals surface area contributed by atoms with E-state index in [4.69, 9.17) is 22.3 Å². The molecule has 0 aromatic heterocycles. The fraction of sp³-hybridized carbons (Fsp3) is 0.692. The average molecular weight is 610 g/mol. The summed E-state index contributed by atoms with van der Waals surface area (Å²) in [5, 5.41) is 18.9. The van der Waals surface area contributed by atoms with E-state index in [1.807, 2.05) is 6.92 Å². The number of amides is 6. The topological polar surface area (TPSA) is 281 Å². The smallest absolute Gasteiger partial charge is 0.305 e. The van der Waals surface area contributed by atoms with E-state index in [0.717, 1.165) is 6.42 Å². The molecule has 0 saturated carbocycles. The van der Waals surface area contributed by atoms with E-state index in [0.29, 0.717) is 38.6 Å². The molecule has 2 heterocycles. The van der Waals surface area contributed by atoms with Gasteiger partial charge in [-0.25, -0.2) is 0 Å². The highest BCUT2D eigenvalue weighted by Gasteiger charge is 2.45. The van der Waals surface area contributed by atoms with Crippen LogP contribution in [-0.4, -0.2) is 101 Å². The Morgan fingerprint density at radius 2 is 1.74 bits per heavy atom. The summed E-state index contributed by atoms with van der Waals surface area (Å²) in [7, 11) is 0. The van der Waals surface area contributed by atoms with Crippen molar-refractivity contribution in [2.24, 2.45) is 28.1 Å². The van der Waals surface area contributed by atoms with Crippen LogP contribution in [0.2, 0.25) is 0 Å². The number of fused-ring (bicyclic) bond motifs is 1. The molecule has 0 radical (unpaired) electrons. The van der Waals surface area contributed by atoms with Crippen LogP contribution in [0.4, 0.5) is 0 Å². The number of nitrogens with zero attached hydrogens (tertiary/aromatic N) is 2. The van der Waals surface area contributed by atoms with E-state index >= 15 is 0 Å². The van der Waals surface area contributed by atoms with Gasteiger partial charge in [-0.1, -0.05) is 6.92 Å². The zero-order chi connectivity index (χ0) is 32.1. The zero-order valence-corrected chi connectivity index (χ0v) is 24.3. The largest absolute Gasteiger partial charge is 0.481 e. The molecule has 43 heavy (non-hydrogen) atoms. The molecule has 2 aliphatic rings. The van der Waals surface area contributed by atoms with E-state index < -0.39 is 60.7 Å². The minimum Gasteiger partial charge on any atom is -0.481 e. The molecule has 0 aliphatic carbocycles. The van der Waals surface area contributed by atoms with Gasteiger partial charge in [-0.05, 0) is 44.4 Å². The van der Waals surface area contributed by atoms with Crippen molar-refractivity contribution < 1.29 is 38.7 Å². The Labute approximate surface area is 249 Å². The van der Waals surface area contributed by atoms with Gasteiger partial charge in [0.2, 0.25) is 35.4 Å². The highest BCUT2D eigenvalue weighted by atomic mass is 16.4. The molecule has 11 N–H and O–H groups in total. The Morgan fingerprint density at radius 3 is 2.37 bits per heavy atom. The standard InChI is InChI=1S/C26H43N9O8/c1-2-4-19(36)31-12-14-9-15-6-7-18(35(15)21(38)10-14)25(43)34-16(5-3-8-30-26(28)29)24(42)32-13-20(37)33-17(23(27)41)11-22(39)40/h14-18H,2-13H2,1H3,(H2,27,41)(H,31,36)(H,32,42)(H,33,37)(H,34,43)(H,39,40)(H4,28,29,30)/t14-,15+,16?,17+,18+/m1/s1. The lowest BCUT2D eigenvalue weighted by molar-refractivity contribution is -0.145. The number of piperidine rings is 1. The van der Waals surface area contributed by atoms with E-state index in [2.05, 4.69) is 26.3 Å². The van der Waals surface area contributed by atoms with Crippen molar-refractivity contribution in [1.29, 1.82) is 0 Å². The second kappa shape index (κ2) is 16.9. The Balaban J connectivity index is 2.01. The number of hydrogen-bond acceptors (Lipinski definition) is 8. The predicted molar refractivity (Wildman–Crippen MR) is 153 cm³/mol. The SMILES string of the molecule is CCCC(=O)NC[C@H]1CC(=O)N2[C@@H](CC[C@H]2C(=O)NC(CCCN=C(N)N)C(=O)NCC(=O)N[C@@H](CC(=O)O)C(N)=O)C1. The van der Waals surface area contributed by atoms with Crippen molar-refractivity contribution in [3.8, 4) is 0 Å². The molecule has 2 aliphatic heterocycles. The number of nitrogens with two attached hydrogens (primary N) is 3. The Kier molecular flexibility index (Phi) is 13.6. The highest BCUT2D eigenvalue weighted by molar-refractivity contribution is 5.95. The van der Waals surface area contributed by atoms with Gasteiger partial charge in [-0.2, -0.15) is 0 Å². The molecule has 2 saturated heterocycles. The molecule has 0 bridgehead atoms. The fourth-order valence-corrected chi connectivity index (χ4v) is 5.27. The first-order valence-corrected chi connectivity index (χ1v) is 14.3. The fourth-order valence-electron chi connectivity index (χ4n) is 5.27. The Hall–Kier alpha value is -4.44. The zero-order valence-electron chi connectivity index (χ0n) is 24.3. The molecule has 2 rings (SSSR count). The van der Waals surface area contributed by atoms with Crippen LogP contribution in [0, 0.1) is 5.92 Å². The van der Waals surface area contributed by atoms with Crippen LogP contribution in [-0.2, 0) is 33.6 Å². The van der Waals surface area contributed by atoms with Crippen LogP contribution in [0.1, 0.15) is 64.7 Å². The molecule has 5 atom stereocenters. The normalized spacial score (nSPS) is 20.6. The van der Waals surface area contributed by atoms with Crippen molar-refractivity contribution in [2.75, 3.05) is 19.6 Å². The highest BCUT2D eigenvalue weighted by Crippen LogP contribution is 2.35. The summed E-state index contributed by atoms with van der Waals surface area (Å²) in [6.45, 7) is 1.86. The van der Waals surface area contributed by atoms with Gasteiger partial charge in [0, 0.05) is 32.0 Å². The molecule has 17 heteroatoms. The van der Waals surface area contributed by atoms with Gasteiger partial charge in [-0.3, -0.25) is 38.6 Å². The molecule has 1 unspecified atom stereocenters. The average Bonchev–Trinajstić information content (AvgIpc) is 3.36. The van der Waals surface area contributed by atoms with Gasteiger partial charge in [0.1, 0.15) is 18.1 Å². The van der Waals surface area contributed by atoms with E-state index in [-0.39, 0.29) is 49.1 Å². The summed E-state index contributed by atoms with van der Waals surface area (Å²) in [4.78, 5) is 91.2. The second-order valence-electron chi connectivity index (χ2n) is 10.8. The number of hydrogen-bond donors (Lipinski definition) is 8. The molecular formula is C26H43N9O8. The number of rotatable bonds is 17. The summed E-state index contributed by atoms with van der Waals surface area (Å²) in [6, 6.07) is -3.52. The third-order valence-corrected chi connectivity index (χ3v) is 7.29. The number of aliphatic imine (C=N–C) groups is 1. The summed E-state index contributed by atoms with van der Waals surface area (Å²) >= 11 is 0. The lowest BCUT2D eigenvalue weighted by Gasteiger charge is -2.37. The van der Waals surface area contributed by atoms with Crippen molar-refractivity contribution in [1.82, 2.24) is 26.2 Å². The number of carbonyl (C=O) groups is 7. The van der Waals surface area contributed by atoms with Gasteiger partial charge in [-0.15, -0.1) is 0 Å². The quantitative estimate of drug-likeness (QED) is 0.0463. The number of guanidine groups is 1. The van der Waals surface area contributed by atoms with E-state index in [1.54, 1.807) is 4.90 Å². The first-order chi connectivity index (χ1) is 20.3. The van der Waals surface area contributed by atoms with Crippen LogP contribution in [0.5, 0.6) is 0 Å². The maximum absolute atomic E-state index is 13.3. The maximum atomic E-state index is 13.3. The number of nitrogens with one attached hydrogen (secondary N) is 4. The summed E-state index contributed by atoms with van der Waals surface area (Å²) < 4.78 is 0. The molecule has 240 valence electrons. The van der Waals surface area contributed by atoms with Crippen molar-refractivity contribution in [3.63, 3.8) is 0 Å². The van der Waals surface area contributed by atoms with E-state index in [9.17, 15) is 33.6 Å². The molecule has 17 nitrogen and oxygen atoms in total. The molecule has 2 fully saturated rings.